The van der Waals surface area contributed by atoms with E-state index in [9.17, 15) is 9.59 Å². The van der Waals surface area contributed by atoms with E-state index in [1.807, 2.05) is 0 Å². The Bertz CT molecular complexity index is 911. The zero-order valence-corrected chi connectivity index (χ0v) is 15.6. The van der Waals surface area contributed by atoms with Crippen LogP contribution in [0.2, 0.25) is 10.0 Å². The Morgan fingerprint density at radius 1 is 1.16 bits per heavy atom. The number of hydrogen-bond acceptors (Lipinski definition) is 5. The molecule has 1 heterocycles. The van der Waals surface area contributed by atoms with Crippen molar-refractivity contribution in [1.82, 2.24) is 5.32 Å². The standard InChI is InChI=1S/C17H9Cl2NO3S2/c18-10-3-6-12(13(19)8-10)16(22)23-11-4-1-9(2-5-11)7-14-15(21)20-17(24)25-14/h1-8H,(H,20,21,24)/b14-7+. The summed E-state index contributed by atoms with van der Waals surface area (Å²) in [4.78, 5) is 24.3. The highest BCUT2D eigenvalue weighted by Crippen LogP contribution is 2.27. The minimum Gasteiger partial charge on any atom is -0.423 e. The van der Waals surface area contributed by atoms with Crippen LogP contribution >= 0.6 is 47.2 Å². The third kappa shape index (κ3) is 4.41. The van der Waals surface area contributed by atoms with Crippen molar-refractivity contribution in [2.75, 3.05) is 0 Å². The maximum absolute atomic E-state index is 12.2. The van der Waals surface area contributed by atoms with Crippen LogP contribution in [0.3, 0.4) is 0 Å². The first-order valence-corrected chi connectivity index (χ1v) is 8.92. The molecule has 4 nitrogen and oxygen atoms in total. The van der Waals surface area contributed by atoms with Gasteiger partial charge in [0.15, 0.2) is 0 Å². The predicted octanol–water partition coefficient (Wildman–Crippen LogP) is 4.70. The van der Waals surface area contributed by atoms with Crippen LogP contribution in [0.4, 0.5) is 0 Å². The molecule has 0 saturated carbocycles. The lowest BCUT2D eigenvalue weighted by Gasteiger charge is -2.06. The first-order chi connectivity index (χ1) is 11.9. The smallest absolute Gasteiger partial charge is 0.345 e. The molecule has 2 aromatic carbocycles. The molecule has 0 aliphatic carbocycles. The molecule has 0 radical (unpaired) electrons. The summed E-state index contributed by atoms with van der Waals surface area (Å²) in [6.07, 6.45) is 1.71. The van der Waals surface area contributed by atoms with Gasteiger partial charge >= 0.3 is 5.97 Å². The van der Waals surface area contributed by atoms with E-state index in [1.54, 1.807) is 36.4 Å². The van der Waals surface area contributed by atoms with Gasteiger partial charge in [-0.15, -0.1) is 0 Å². The summed E-state index contributed by atoms with van der Waals surface area (Å²) >= 11 is 17.9. The van der Waals surface area contributed by atoms with Crippen LogP contribution in [0.25, 0.3) is 6.08 Å². The van der Waals surface area contributed by atoms with Crippen LogP contribution < -0.4 is 10.1 Å². The molecule has 0 bridgehead atoms. The fraction of sp³-hybridized carbons (Fsp3) is 0. The lowest BCUT2D eigenvalue weighted by molar-refractivity contribution is -0.115. The average molecular weight is 410 g/mol. The molecule has 1 aliphatic heterocycles. The molecular formula is C17H9Cl2NO3S2. The van der Waals surface area contributed by atoms with E-state index in [-0.39, 0.29) is 16.5 Å². The summed E-state index contributed by atoms with van der Waals surface area (Å²) in [5.41, 5.74) is 1.01. The molecule has 0 atom stereocenters. The van der Waals surface area contributed by atoms with Gasteiger partial charge in [0.1, 0.15) is 10.1 Å². The lowest BCUT2D eigenvalue weighted by atomic mass is 10.2. The summed E-state index contributed by atoms with van der Waals surface area (Å²) in [6.45, 7) is 0. The van der Waals surface area contributed by atoms with E-state index in [0.29, 0.717) is 20.0 Å². The Morgan fingerprint density at radius 2 is 1.88 bits per heavy atom. The zero-order chi connectivity index (χ0) is 18.0. The van der Waals surface area contributed by atoms with Crippen molar-refractivity contribution in [1.29, 1.82) is 0 Å². The van der Waals surface area contributed by atoms with Crippen molar-refractivity contribution in [2.45, 2.75) is 0 Å². The Morgan fingerprint density at radius 3 is 2.48 bits per heavy atom. The molecule has 1 N–H and O–H groups in total. The topological polar surface area (TPSA) is 55.4 Å². The average Bonchev–Trinajstić information content (AvgIpc) is 2.86. The number of thiocarbonyl (C=S) groups is 1. The van der Waals surface area contributed by atoms with Gasteiger partial charge in [-0.1, -0.05) is 59.3 Å². The number of hydrogen-bond donors (Lipinski definition) is 1. The summed E-state index contributed by atoms with van der Waals surface area (Å²) in [5, 5.41) is 3.21. The van der Waals surface area contributed by atoms with Crippen molar-refractivity contribution in [3.05, 3.63) is 68.5 Å². The molecule has 126 valence electrons. The molecule has 2 aromatic rings. The van der Waals surface area contributed by atoms with Gasteiger partial charge in [0.05, 0.1) is 15.5 Å². The normalized spacial score (nSPS) is 15.4. The van der Waals surface area contributed by atoms with Crippen LogP contribution in [0.5, 0.6) is 5.75 Å². The molecule has 1 aliphatic rings. The Kier molecular flexibility index (Phi) is 5.44. The van der Waals surface area contributed by atoms with Crippen LogP contribution in [0.1, 0.15) is 15.9 Å². The van der Waals surface area contributed by atoms with Crippen molar-refractivity contribution >= 4 is 69.5 Å². The third-order valence-electron chi connectivity index (χ3n) is 3.18. The number of carbonyl (C=O) groups excluding carboxylic acids is 2. The Hall–Kier alpha value is -1.86. The van der Waals surface area contributed by atoms with E-state index in [1.165, 1.54) is 23.9 Å². The van der Waals surface area contributed by atoms with Crippen molar-refractivity contribution in [2.24, 2.45) is 0 Å². The largest absolute Gasteiger partial charge is 0.423 e. The minimum absolute atomic E-state index is 0.220. The van der Waals surface area contributed by atoms with E-state index in [0.717, 1.165) is 5.56 Å². The van der Waals surface area contributed by atoms with Crippen LogP contribution in [-0.4, -0.2) is 16.2 Å². The predicted molar refractivity (Wildman–Crippen MR) is 104 cm³/mol. The molecule has 1 saturated heterocycles. The van der Waals surface area contributed by atoms with Gasteiger partial charge in [-0.05, 0) is 42.0 Å². The highest BCUT2D eigenvalue weighted by atomic mass is 35.5. The number of carbonyl (C=O) groups is 2. The van der Waals surface area contributed by atoms with Crippen molar-refractivity contribution < 1.29 is 14.3 Å². The molecule has 0 spiro atoms. The van der Waals surface area contributed by atoms with Gasteiger partial charge in [-0.25, -0.2) is 4.79 Å². The second kappa shape index (κ2) is 7.58. The lowest BCUT2D eigenvalue weighted by Crippen LogP contribution is -2.17. The number of benzene rings is 2. The number of esters is 1. The number of nitrogens with one attached hydrogen (secondary N) is 1. The molecule has 8 heteroatoms. The highest BCUT2D eigenvalue weighted by Gasteiger charge is 2.21. The molecular weight excluding hydrogens is 401 g/mol. The van der Waals surface area contributed by atoms with Gasteiger partial charge < -0.3 is 10.1 Å². The van der Waals surface area contributed by atoms with Gasteiger partial charge in [-0.2, -0.15) is 0 Å². The summed E-state index contributed by atoms with van der Waals surface area (Å²) < 4.78 is 5.72. The van der Waals surface area contributed by atoms with E-state index in [2.05, 4.69) is 5.32 Å². The summed E-state index contributed by atoms with van der Waals surface area (Å²) in [7, 11) is 0. The Balaban J connectivity index is 1.72. The van der Waals surface area contributed by atoms with Crippen molar-refractivity contribution in [3.8, 4) is 5.75 Å². The Labute approximate surface area is 163 Å². The second-order valence-electron chi connectivity index (χ2n) is 4.93. The number of thioether (sulfide) groups is 1. The molecule has 0 unspecified atom stereocenters. The number of amides is 1. The van der Waals surface area contributed by atoms with Gasteiger partial charge in [0, 0.05) is 5.02 Å². The molecule has 25 heavy (non-hydrogen) atoms. The molecule has 3 rings (SSSR count). The fourth-order valence-corrected chi connectivity index (χ4v) is 3.55. The van der Waals surface area contributed by atoms with Gasteiger partial charge in [0.2, 0.25) is 0 Å². The highest BCUT2D eigenvalue weighted by molar-refractivity contribution is 8.26. The van der Waals surface area contributed by atoms with Gasteiger partial charge in [0.25, 0.3) is 5.91 Å². The molecule has 0 aromatic heterocycles. The first-order valence-electron chi connectivity index (χ1n) is 6.94. The van der Waals surface area contributed by atoms with E-state index < -0.39 is 5.97 Å². The number of ether oxygens (including phenoxy) is 1. The maximum Gasteiger partial charge on any atom is 0.345 e. The van der Waals surface area contributed by atoms with E-state index in [4.69, 9.17) is 40.2 Å². The van der Waals surface area contributed by atoms with Gasteiger partial charge in [-0.3, -0.25) is 4.79 Å². The minimum atomic E-state index is -0.580. The second-order valence-corrected chi connectivity index (χ2v) is 7.50. The quantitative estimate of drug-likeness (QED) is 0.344. The molecule has 1 fully saturated rings. The third-order valence-corrected chi connectivity index (χ3v) is 4.89. The van der Waals surface area contributed by atoms with Crippen molar-refractivity contribution in [3.63, 3.8) is 0 Å². The number of halogens is 2. The number of rotatable bonds is 3. The monoisotopic (exact) mass is 409 g/mol. The zero-order valence-electron chi connectivity index (χ0n) is 12.4. The SMILES string of the molecule is O=C1NC(=S)S/C1=C/c1ccc(OC(=O)c2ccc(Cl)cc2Cl)cc1. The summed E-state index contributed by atoms with van der Waals surface area (Å²) in [6, 6.07) is 11.3. The fourth-order valence-electron chi connectivity index (χ4n) is 2.02. The van der Waals surface area contributed by atoms with E-state index >= 15 is 0 Å². The summed E-state index contributed by atoms with van der Waals surface area (Å²) in [5.74, 6) is -0.441. The first kappa shape index (κ1) is 17.9. The molecule has 1 amide bonds. The van der Waals surface area contributed by atoms with Crippen LogP contribution in [0, 0.1) is 0 Å². The maximum atomic E-state index is 12.2. The van der Waals surface area contributed by atoms with Crippen LogP contribution in [0.15, 0.2) is 47.4 Å². The van der Waals surface area contributed by atoms with Crippen LogP contribution in [-0.2, 0) is 4.79 Å².